The van der Waals surface area contributed by atoms with Gasteiger partial charge in [-0.15, -0.1) is 6.42 Å². The molecule has 0 saturated heterocycles. The van der Waals surface area contributed by atoms with Gasteiger partial charge in [0.05, 0.1) is 6.61 Å². The number of ether oxygens (including phenoxy) is 1. The van der Waals surface area contributed by atoms with Crippen LogP contribution in [0.3, 0.4) is 0 Å². The van der Waals surface area contributed by atoms with Crippen LogP contribution in [-0.4, -0.2) is 30.3 Å². The molecule has 0 aliphatic rings. The van der Waals surface area contributed by atoms with E-state index in [0.29, 0.717) is 0 Å². The fourth-order valence-electron chi connectivity index (χ4n) is 0.294. The zero-order chi connectivity index (χ0) is 7.98. The third kappa shape index (κ3) is 3.07. The highest BCUT2D eigenvalue weighted by Gasteiger charge is 2.11. The number of nitrogens with two attached hydrogens (primary N) is 1. The van der Waals surface area contributed by atoms with E-state index >= 15 is 0 Å². The maximum atomic E-state index is 10.5. The molecule has 0 heterocycles. The molecular weight excluding hydrogens is 134 g/mol. The smallest absolute Gasteiger partial charge is 0.326 e. The summed E-state index contributed by atoms with van der Waals surface area (Å²) in [6, 6.07) is -0.978. The van der Waals surface area contributed by atoms with Crippen LogP contribution in [0, 0.1) is 12.3 Å². The first-order chi connectivity index (χ1) is 4.72. The lowest BCUT2D eigenvalue weighted by Crippen LogP contribution is -2.35. The van der Waals surface area contributed by atoms with E-state index in [9.17, 15) is 4.79 Å². The van der Waals surface area contributed by atoms with Crippen molar-refractivity contribution in [1.29, 1.82) is 0 Å². The van der Waals surface area contributed by atoms with Crippen molar-refractivity contribution in [3.63, 3.8) is 0 Å². The summed E-state index contributed by atoms with van der Waals surface area (Å²) in [5.74, 6) is 1.42. The summed E-state index contributed by atoms with van der Waals surface area (Å²) in [6.07, 6.45) is 4.79. The lowest BCUT2D eigenvalue weighted by atomic mass is 10.3. The Morgan fingerprint density at radius 2 is 2.50 bits per heavy atom. The van der Waals surface area contributed by atoms with Gasteiger partial charge in [-0.1, -0.05) is 5.92 Å². The Kier molecular flexibility index (Phi) is 4.29. The minimum Gasteiger partial charge on any atom is -0.451 e. The van der Waals surface area contributed by atoms with Crippen LogP contribution >= 0.6 is 0 Å². The molecule has 0 aromatic carbocycles. The van der Waals surface area contributed by atoms with Crippen molar-refractivity contribution >= 4 is 5.97 Å². The van der Waals surface area contributed by atoms with Crippen molar-refractivity contribution in [2.45, 2.75) is 6.04 Å². The van der Waals surface area contributed by atoms with Gasteiger partial charge in [-0.25, -0.2) is 0 Å². The lowest BCUT2D eigenvalue weighted by Gasteiger charge is -2.04. The Morgan fingerprint density at radius 3 is 2.90 bits per heavy atom. The average molecular weight is 143 g/mol. The first-order valence-corrected chi connectivity index (χ1v) is 2.69. The van der Waals surface area contributed by atoms with Crippen LogP contribution in [0.5, 0.6) is 0 Å². The maximum absolute atomic E-state index is 10.5. The highest BCUT2D eigenvalue weighted by Crippen LogP contribution is 1.82. The number of hydrogen-bond acceptors (Lipinski definition) is 4. The van der Waals surface area contributed by atoms with E-state index in [-0.39, 0.29) is 6.61 Å². The molecule has 0 spiro atoms. The molecule has 0 radical (unpaired) electrons. The van der Waals surface area contributed by atoms with Crippen molar-refractivity contribution in [3.05, 3.63) is 0 Å². The molecule has 3 N–H and O–H groups in total. The Hall–Kier alpha value is -1.05. The number of hydrogen-bond donors (Lipinski definition) is 2. The lowest BCUT2D eigenvalue weighted by molar-refractivity contribution is -0.144. The highest BCUT2D eigenvalue weighted by atomic mass is 16.5. The molecule has 0 unspecified atom stereocenters. The molecule has 0 aliphatic heterocycles. The fourth-order valence-corrected chi connectivity index (χ4v) is 0.294. The predicted octanol–water partition coefficient (Wildman–Crippen LogP) is -1.52. The number of carbonyl (C=O) groups excluding carboxylic acids is 1. The summed E-state index contributed by atoms with van der Waals surface area (Å²) in [6.45, 7) is -0.532. The Bertz CT molecular complexity index is 150. The molecule has 4 heteroatoms. The van der Waals surface area contributed by atoms with Gasteiger partial charge >= 0.3 is 5.97 Å². The van der Waals surface area contributed by atoms with E-state index in [1.54, 1.807) is 0 Å². The Morgan fingerprint density at radius 1 is 1.90 bits per heavy atom. The second kappa shape index (κ2) is 4.79. The highest BCUT2D eigenvalue weighted by molar-refractivity contribution is 5.75. The van der Waals surface area contributed by atoms with Gasteiger partial charge in [0.1, 0.15) is 6.04 Å². The topological polar surface area (TPSA) is 72.5 Å². The third-order valence-corrected chi connectivity index (χ3v) is 0.797. The number of terminal acetylenes is 1. The van der Waals surface area contributed by atoms with Gasteiger partial charge in [0.25, 0.3) is 0 Å². The SMILES string of the molecule is C#CCOC(=O)[C@@H](N)CO. The van der Waals surface area contributed by atoms with Crippen LogP contribution in [-0.2, 0) is 9.53 Å². The molecular formula is C6H9NO3. The van der Waals surface area contributed by atoms with Gasteiger partial charge in [0, 0.05) is 0 Å². The summed E-state index contributed by atoms with van der Waals surface area (Å²) >= 11 is 0. The van der Waals surface area contributed by atoms with E-state index in [2.05, 4.69) is 10.7 Å². The van der Waals surface area contributed by atoms with Crippen molar-refractivity contribution in [3.8, 4) is 12.3 Å². The second-order valence-electron chi connectivity index (χ2n) is 1.60. The Labute approximate surface area is 59.0 Å². The summed E-state index contributed by atoms with van der Waals surface area (Å²) < 4.78 is 4.38. The van der Waals surface area contributed by atoms with E-state index in [1.807, 2.05) is 0 Å². The van der Waals surface area contributed by atoms with Crippen LogP contribution in [0.1, 0.15) is 0 Å². The zero-order valence-corrected chi connectivity index (χ0v) is 5.41. The van der Waals surface area contributed by atoms with Gasteiger partial charge in [0.15, 0.2) is 6.61 Å². The van der Waals surface area contributed by atoms with E-state index in [1.165, 1.54) is 0 Å². The largest absolute Gasteiger partial charge is 0.451 e. The third-order valence-electron chi connectivity index (χ3n) is 0.797. The monoisotopic (exact) mass is 143 g/mol. The van der Waals surface area contributed by atoms with E-state index in [4.69, 9.17) is 17.3 Å². The number of aliphatic hydroxyl groups is 1. The molecule has 0 bridgehead atoms. The number of carbonyl (C=O) groups is 1. The maximum Gasteiger partial charge on any atom is 0.326 e. The molecule has 0 aromatic heterocycles. The minimum atomic E-state index is -0.978. The van der Waals surface area contributed by atoms with Gasteiger partial charge in [0.2, 0.25) is 0 Å². The molecule has 56 valence electrons. The van der Waals surface area contributed by atoms with Gasteiger partial charge in [-0.3, -0.25) is 4.79 Å². The molecule has 0 aliphatic carbocycles. The second-order valence-corrected chi connectivity index (χ2v) is 1.60. The van der Waals surface area contributed by atoms with Gasteiger partial charge in [-0.2, -0.15) is 0 Å². The molecule has 0 saturated carbocycles. The first kappa shape index (κ1) is 8.95. The van der Waals surface area contributed by atoms with E-state index < -0.39 is 18.6 Å². The summed E-state index contributed by atoms with van der Waals surface area (Å²) in [5.41, 5.74) is 5.06. The van der Waals surface area contributed by atoms with Gasteiger partial charge in [-0.05, 0) is 0 Å². The molecule has 10 heavy (non-hydrogen) atoms. The van der Waals surface area contributed by atoms with Crippen LogP contribution in [0.15, 0.2) is 0 Å². The van der Waals surface area contributed by atoms with E-state index in [0.717, 1.165) is 0 Å². The molecule has 4 nitrogen and oxygen atoms in total. The Balaban J connectivity index is 3.54. The first-order valence-electron chi connectivity index (χ1n) is 2.69. The van der Waals surface area contributed by atoms with Crippen molar-refractivity contribution in [2.75, 3.05) is 13.2 Å². The predicted molar refractivity (Wildman–Crippen MR) is 34.9 cm³/mol. The molecule has 1 atom stereocenters. The van der Waals surface area contributed by atoms with Crippen molar-refractivity contribution < 1.29 is 14.6 Å². The van der Waals surface area contributed by atoms with Crippen LogP contribution in [0.25, 0.3) is 0 Å². The molecule has 0 rings (SSSR count). The average Bonchev–Trinajstić information content (AvgIpc) is 1.98. The number of esters is 1. The van der Waals surface area contributed by atoms with Crippen molar-refractivity contribution in [2.24, 2.45) is 5.73 Å². The van der Waals surface area contributed by atoms with Crippen LogP contribution < -0.4 is 5.73 Å². The standard InChI is InChI=1S/C6H9NO3/c1-2-3-10-6(9)5(7)4-8/h1,5,8H,3-4,7H2/t5-/m0/s1. The van der Waals surface area contributed by atoms with Gasteiger partial charge < -0.3 is 15.6 Å². The molecule has 0 fully saturated rings. The number of rotatable bonds is 3. The molecule has 0 aromatic rings. The summed E-state index contributed by atoms with van der Waals surface area (Å²) in [5, 5.41) is 8.33. The quantitative estimate of drug-likeness (QED) is 0.372. The number of aliphatic hydroxyl groups excluding tert-OH is 1. The van der Waals surface area contributed by atoms with Crippen molar-refractivity contribution in [1.82, 2.24) is 0 Å². The normalized spacial score (nSPS) is 11.7. The van der Waals surface area contributed by atoms with Crippen LogP contribution in [0.2, 0.25) is 0 Å². The summed E-state index contributed by atoms with van der Waals surface area (Å²) in [7, 11) is 0. The fraction of sp³-hybridized carbons (Fsp3) is 0.500. The van der Waals surface area contributed by atoms with Crippen LogP contribution in [0.4, 0.5) is 0 Å². The minimum absolute atomic E-state index is 0.105. The molecule has 0 amide bonds. The zero-order valence-electron chi connectivity index (χ0n) is 5.41. The summed E-state index contributed by atoms with van der Waals surface area (Å²) in [4.78, 5) is 10.5.